The van der Waals surface area contributed by atoms with Gasteiger partial charge in [-0.1, -0.05) is 30.7 Å². The molecule has 3 aromatic rings. The van der Waals surface area contributed by atoms with Crippen LogP contribution in [0.3, 0.4) is 0 Å². The van der Waals surface area contributed by atoms with Crippen molar-refractivity contribution in [3.63, 3.8) is 0 Å². The van der Waals surface area contributed by atoms with Crippen LogP contribution in [0, 0.1) is 5.82 Å². The normalized spacial score (nSPS) is 14.8. The molecule has 0 saturated carbocycles. The standard InChI is InChI=1S/C26H26ClFN4O4/c1-4-16(5-2)30-15-32(31-14-12-20(33)24(34)23(31)26(30)35)22(19-9-7-8-13-29-19)17-10-11-18(28)21(27)25(17)36-6-3/h4,7-14,16,22,34H,1,5-6,15H2,2-3H3/t16-,22-/m1/s1. The van der Waals surface area contributed by atoms with Crippen LogP contribution in [0.1, 0.15) is 48.1 Å². The van der Waals surface area contributed by atoms with Crippen molar-refractivity contribution in [2.75, 3.05) is 18.3 Å². The second-order valence-corrected chi connectivity index (χ2v) is 8.54. The number of carbonyl (C=O) groups is 1. The third-order valence-electron chi connectivity index (χ3n) is 6.11. The number of amides is 1. The number of ether oxygens (including phenoxy) is 1. The molecule has 1 aliphatic heterocycles. The minimum atomic E-state index is -0.746. The number of fused-ring (bicyclic) bond motifs is 1. The van der Waals surface area contributed by atoms with Crippen LogP contribution in [0.25, 0.3) is 0 Å². The van der Waals surface area contributed by atoms with E-state index in [1.165, 1.54) is 27.9 Å². The van der Waals surface area contributed by atoms with E-state index in [-0.39, 0.29) is 35.8 Å². The fourth-order valence-electron chi connectivity index (χ4n) is 4.39. The molecule has 1 aromatic carbocycles. The molecule has 2 atom stereocenters. The lowest BCUT2D eigenvalue weighted by Gasteiger charge is -2.45. The molecular formula is C26H26ClFN4O4. The number of hydrogen-bond donors (Lipinski definition) is 1. The molecule has 10 heteroatoms. The van der Waals surface area contributed by atoms with E-state index >= 15 is 0 Å². The van der Waals surface area contributed by atoms with Crippen molar-refractivity contribution in [3.8, 4) is 11.5 Å². The van der Waals surface area contributed by atoms with Gasteiger partial charge in [0.1, 0.15) is 29.3 Å². The van der Waals surface area contributed by atoms with Crippen molar-refractivity contribution in [1.82, 2.24) is 14.6 Å². The zero-order chi connectivity index (χ0) is 26.0. The summed E-state index contributed by atoms with van der Waals surface area (Å²) in [6.45, 7) is 7.78. The van der Waals surface area contributed by atoms with E-state index in [2.05, 4.69) is 11.6 Å². The van der Waals surface area contributed by atoms with E-state index in [0.717, 1.165) is 0 Å². The summed E-state index contributed by atoms with van der Waals surface area (Å²) >= 11 is 6.34. The minimum absolute atomic E-state index is 0.0421. The number of halogens is 2. The molecule has 188 valence electrons. The van der Waals surface area contributed by atoms with E-state index in [9.17, 15) is 19.1 Å². The van der Waals surface area contributed by atoms with Crippen LogP contribution >= 0.6 is 11.6 Å². The van der Waals surface area contributed by atoms with E-state index in [1.54, 1.807) is 48.5 Å². The number of hydrogen-bond acceptors (Lipinski definition) is 6. The number of aromatic nitrogens is 2. The molecule has 4 rings (SSSR count). The Bertz CT molecular complexity index is 1350. The Morgan fingerprint density at radius 2 is 2.03 bits per heavy atom. The predicted octanol–water partition coefficient (Wildman–Crippen LogP) is 4.25. The summed E-state index contributed by atoms with van der Waals surface area (Å²) in [4.78, 5) is 31.9. The van der Waals surface area contributed by atoms with Gasteiger partial charge in [0.05, 0.1) is 18.3 Å². The molecule has 1 aliphatic rings. The maximum atomic E-state index is 14.5. The Balaban J connectivity index is 2.03. The van der Waals surface area contributed by atoms with Crippen LogP contribution in [0.5, 0.6) is 11.5 Å². The summed E-state index contributed by atoms with van der Waals surface area (Å²) in [5.74, 6) is -1.69. The molecular weight excluding hydrogens is 487 g/mol. The highest BCUT2D eigenvalue weighted by atomic mass is 35.5. The smallest absolute Gasteiger partial charge is 0.278 e. The first-order chi connectivity index (χ1) is 17.3. The van der Waals surface area contributed by atoms with Gasteiger partial charge in [0, 0.05) is 24.0 Å². The largest absolute Gasteiger partial charge is 0.502 e. The Hall–Kier alpha value is -3.85. The molecule has 1 N–H and O–H groups in total. The maximum absolute atomic E-state index is 14.5. The van der Waals surface area contributed by atoms with Gasteiger partial charge < -0.3 is 14.7 Å². The van der Waals surface area contributed by atoms with E-state index in [0.29, 0.717) is 17.7 Å². The number of pyridine rings is 2. The molecule has 0 unspecified atom stereocenters. The second-order valence-electron chi connectivity index (χ2n) is 8.16. The molecule has 2 aromatic heterocycles. The molecule has 0 fully saturated rings. The first kappa shape index (κ1) is 25.2. The van der Waals surface area contributed by atoms with Gasteiger partial charge in [-0.3, -0.25) is 24.3 Å². The van der Waals surface area contributed by atoms with Gasteiger partial charge in [0.15, 0.2) is 11.4 Å². The maximum Gasteiger partial charge on any atom is 0.278 e. The van der Waals surface area contributed by atoms with Gasteiger partial charge in [-0.05, 0) is 37.6 Å². The fraction of sp³-hybridized carbons (Fsp3) is 0.269. The van der Waals surface area contributed by atoms with E-state index in [1.807, 2.05) is 6.92 Å². The topological polar surface area (TPSA) is 87.9 Å². The monoisotopic (exact) mass is 512 g/mol. The van der Waals surface area contributed by atoms with Crippen molar-refractivity contribution in [3.05, 3.63) is 99.5 Å². The molecule has 0 bridgehead atoms. The quantitative estimate of drug-likeness (QED) is 0.454. The number of nitrogens with zero attached hydrogens (tertiary/aromatic N) is 4. The second kappa shape index (κ2) is 10.4. The third kappa shape index (κ3) is 4.30. The lowest BCUT2D eigenvalue weighted by molar-refractivity contribution is 0.0625. The zero-order valence-corrected chi connectivity index (χ0v) is 20.7. The van der Waals surface area contributed by atoms with E-state index in [4.69, 9.17) is 16.3 Å². The molecule has 0 aliphatic carbocycles. The molecule has 8 nitrogen and oxygen atoms in total. The lowest BCUT2D eigenvalue weighted by atomic mass is 10.00. The highest BCUT2D eigenvalue weighted by molar-refractivity contribution is 6.32. The summed E-state index contributed by atoms with van der Waals surface area (Å²) in [6, 6.07) is 8.19. The van der Waals surface area contributed by atoms with E-state index < -0.39 is 28.9 Å². The number of carbonyl (C=O) groups excluding carboxylic acids is 1. The molecule has 1 amide bonds. The number of aromatic hydroxyl groups is 1. The molecule has 0 radical (unpaired) electrons. The number of rotatable bonds is 8. The van der Waals surface area contributed by atoms with Gasteiger partial charge in [-0.2, -0.15) is 0 Å². The average molecular weight is 513 g/mol. The lowest BCUT2D eigenvalue weighted by Crippen LogP contribution is -2.58. The predicted molar refractivity (Wildman–Crippen MR) is 135 cm³/mol. The Morgan fingerprint density at radius 3 is 2.67 bits per heavy atom. The van der Waals surface area contributed by atoms with Gasteiger partial charge in [0.2, 0.25) is 5.43 Å². The summed E-state index contributed by atoms with van der Waals surface area (Å²) in [5.41, 5.74) is 0.164. The van der Waals surface area contributed by atoms with Gasteiger partial charge in [0.25, 0.3) is 5.91 Å². The van der Waals surface area contributed by atoms with Crippen LogP contribution in [0.15, 0.2) is 66.2 Å². The molecule has 0 saturated heterocycles. The average Bonchev–Trinajstić information content (AvgIpc) is 2.88. The summed E-state index contributed by atoms with van der Waals surface area (Å²) in [7, 11) is 0. The molecule has 3 heterocycles. The minimum Gasteiger partial charge on any atom is -0.502 e. The molecule has 0 spiro atoms. The summed E-state index contributed by atoms with van der Waals surface area (Å²) < 4.78 is 21.7. The van der Waals surface area contributed by atoms with Crippen molar-refractivity contribution in [1.29, 1.82) is 0 Å². The summed E-state index contributed by atoms with van der Waals surface area (Å²) in [6.07, 6.45) is 5.23. The van der Waals surface area contributed by atoms with Crippen molar-refractivity contribution in [2.45, 2.75) is 32.4 Å². The van der Waals surface area contributed by atoms with Crippen LogP contribution < -0.4 is 15.2 Å². The fourth-order valence-corrected chi connectivity index (χ4v) is 4.62. The van der Waals surface area contributed by atoms with Gasteiger partial charge in [-0.15, -0.1) is 6.58 Å². The highest BCUT2D eigenvalue weighted by Gasteiger charge is 2.39. The Morgan fingerprint density at radius 1 is 1.25 bits per heavy atom. The van der Waals surface area contributed by atoms with Crippen LogP contribution in [0.2, 0.25) is 5.02 Å². The number of benzene rings is 1. The first-order valence-electron chi connectivity index (χ1n) is 11.5. The van der Waals surface area contributed by atoms with Crippen LogP contribution in [0.4, 0.5) is 4.39 Å². The first-order valence-corrected chi connectivity index (χ1v) is 11.9. The van der Waals surface area contributed by atoms with Crippen molar-refractivity contribution < 1.29 is 19.0 Å². The highest BCUT2D eigenvalue weighted by Crippen LogP contribution is 2.40. The van der Waals surface area contributed by atoms with Gasteiger partial charge >= 0.3 is 0 Å². The van der Waals surface area contributed by atoms with Crippen LogP contribution in [-0.2, 0) is 0 Å². The van der Waals surface area contributed by atoms with Crippen LogP contribution in [-0.4, -0.2) is 44.9 Å². The third-order valence-corrected chi connectivity index (χ3v) is 6.46. The summed E-state index contributed by atoms with van der Waals surface area (Å²) in [5, 5.41) is 12.2. The van der Waals surface area contributed by atoms with Crippen molar-refractivity contribution >= 4 is 17.5 Å². The SMILES string of the molecule is C=C[C@H](CC)N1CN([C@@H](c2ccccn2)c2ccc(F)c(Cl)c2OCC)n2ccc(=O)c(O)c2C1=O. The van der Waals surface area contributed by atoms with Gasteiger partial charge in [-0.25, -0.2) is 4.39 Å². The Labute approximate surface area is 212 Å². The van der Waals surface area contributed by atoms with Crippen molar-refractivity contribution in [2.24, 2.45) is 0 Å². The molecule has 36 heavy (non-hydrogen) atoms. The Kier molecular flexibility index (Phi) is 7.30. The zero-order valence-electron chi connectivity index (χ0n) is 19.9.